The molecule has 25 heavy (non-hydrogen) atoms. The molecule has 0 spiro atoms. The summed E-state index contributed by atoms with van der Waals surface area (Å²) >= 11 is 1.52. The molecule has 0 saturated heterocycles. The third kappa shape index (κ3) is 3.76. The van der Waals surface area contributed by atoms with E-state index in [4.69, 9.17) is 0 Å². The number of nitrogens with one attached hydrogen (secondary N) is 1. The Morgan fingerprint density at radius 2 is 2.04 bits per heavy atom. The van der Waals surface area contributed by atoms with Crippen LogP contribution in [0.5, 0.6) is 0 Å². The minimum absolute atomic E-state index is 0.105. The highest BCUT2D eigenvalue weighted by Gasteiger charge is 2.17. The molecule has 1 N–H and O–H groups in total. The predicted molar refractivity (Wildman–Crippen MR) is 95.4 cm³/mol. The lowest BCUT2D eigenvalue weighted by Gasteiger charge is -2.07. The molecule has 3 aromatic rings. The average Bonchev–Trinajstić information content (AvgIpc) is 3.11. The number of aromatic nitrogens is 3. The SMILES string of the molecule is Cc1csc(CNC(=O)Cc2c(C)nn(-c3ccccc3F)c2C)n1. The van der Waals surface area contributed by atoms with Gasteiger partial charge in [-0.2, -0.15) is 5.10 Å². The van der Waals surface area contributed by atoms with Crippen LogP contribution in [0.15, 0.2) is 29.6 Å². The van der Waals surface area contributed by atoms with Crippen molar-refractivity contribution >= 4 is 17.2 Å². The van der Waals surface area contributed by atoms with Gasteiger partial charge in [-0.05, 0) is 32.9 Å². The van der Waals surface area contributed by atoms with Gasteiger partial charge in [-0.15, -0.1) is 11.3 Å². The lowest BCUT2D eigenvalue weighted by atomic mass is 10.1. The number of carbonyl (C=O) groups is 1. The number of halogens is 1. The van der Waals surface area contributed by atoms with Crippen LogP contribution >= 0.6 is 11.3 Å². The molecule has 2 aromatic heterocycles. The molecule has 0 bridgehead atoms. The van der Waals surface area contributed by atoms with Crippen molar-refractivity contribution in [3.05, 3.63) is 63.1 Å². The van der Waals surface area contributed by atoms with Crippen molar-refractivity contribution in [1.29, 1.82) is 0 Å². The lowest BCUT2D eigenvalue weighted by Crippen LogP contribution is -2.25. The summed E-state index contributed by atoms with van der Waals surface area (Å²) in [5, 5.41) is 10.1. The van der Waals surface area contributed by atoms with Crippen molar-refractivity contribution in [2.75, 3.05) is 0 Å². The Morgan fingerprint density at radius 1 is 1.28 bits per heavy atom. The fourth-order valence-electron chi connectivity index (χ4n) is 2.67. The second-order valence-corrected chi connectivity index (χ2v) is 6.79. The van der Waals surface area contributed by atoms with Crippen LogP contribution in [0.3, 0.4) is 0 Å². The molecule has 1 aromatic carbocycles. The second-order valence-electron chi connectivity index (χ2n) is 5.85. The van der Waals surface area contributed by atoms with E-state index in [1.807, 2.05) is 26.2 Å². The van der Waals surface area contributed by atoms with E-state index in [1.165, 1.54) is 17.4 Å². The fraction of sp³-hybridized carbons (Fsp3) is 0.278. The number of hydrogen-bond donors (Lipinski definition) is 1. The first-order valence-electron chi connectivity index (χ1n) is 7.93. The van der Waals surface area contributed by atoms with Crippen molar-refractivity contribution < 1.29 is 9.18 Å². The first-order valence-corrected chi connectivity index (χ1v) is 8.81. The van der Waals surface area contributed by atoms with E-state index in [0.717, 1.165) is 27.7 Å². The van der Waals surface area contributed by atoms with Crippen LogP contribution in [-0.2, 0) is 17.8 Å². The second kappa shape index (κ2) is 7.14. The first-order chi connectivity index (χ1) is 12.0. The van der Waals surface area contributed by atoms with Gasteiger partial charge in [-0.25, -0.2) is 14.1 Å². The highest BCUT2D eigenvalue weighted by atomic mass is 32.1. The summed E-state index contributed by atoms with van der Waals surface area (Å²) in [4.78, 5) is 16.6. The van der Waals surface area contributed by atoms with Gasteiger partial charge in [-0.1, -0.05) is 12.1 Å². The van der Waals surface area contributed by atoms with Gasteiger partial charge < -0.3 is 5.32 Å². The molecule has 3 rings (SSSR count). The summed E-state index contributed by atoms with van der Waals surface area (Å²) in [5.41, 5.74) is 3.64. The third-order valence-electron chi connectivity index (χ3n) is 3.96. The quantitative estimate of drug-likeness (QED) is 0.762. The van der Waals surface area contributed by atoms with Crippen LogP contribution in [0, 0.1) is 26.6 Å². The van der Waals surface area contributed by atoms with E-state index >= 15 is 0 Å². The lowest BCUT2D eigenvalue weighted by molar-refractivity contribution is -0.120. The smallest absolute Gasteiger partial charge is 0.224 e. The van der Waals surface area contributed by atoms with Gasteiger partial charge in [0.1, 0.15) is 16.5 Å². The molecule has 0 radical (unpaired) electrons. The maximum Gasteiger partial charge on any atom is 0.224 e. The molecule has 0 saturated carbocycles. The summed E-state index contributed by atoms with van der Waals surface area (Å²) in [7, 11) is 0. The molecule has 0 aliphatic carbocycles. The third-order valence-corrected chi connectivity index (χ3v) is 4.93. The molecular weight excluding hydrogens is 339 g/mol. The Labute approximate surface area is 149 Å². The van der Waals surface area contributed by atoms with Gasteiger partial charge >= 0.3 is 0 Å². The van der Waals surface area contributed by atoms with E-state index in [1.54, 1.807) is 22.9 Å². The number of aryl methyl sites for hydroxylation is 2. The van der Waals surface area contributed by atoms with Crippen LogP contribution in [0.2, 0.25) is 0 Å². The van der Waals surface area contributed by atoms with Crippen LogP contribution in [-0.4, -0.2) is 20.7 Å². The minimum Gasteiger partial charge on any atom is -0.349 e. The summed E-state index contributed by atoms with van der Waals surface area (Å²) in [6, 6.07) is 6.47. The van der Waals surface area contributed by atoms with Gasteiger partial charge in [0.2, 0.25) is 5.91 Å². The molecular formula is C18H19FN4OS. The zero-order valence-electron chi connectivity index (χ0n) is 14.3. The van der Waals surface area contributed by atoms with E-state index in [9.17, 15) is 9.18 Å². The predicted octanol–water partition coefficient (Wildman–Crippen LogP) is 3.25. The maximum absolute atomic E-state index is 14.0. The number of thiazole rings is 1. The molecule has 5 nitrogen and oxygen atoms in total. The molecule has 1 amide bonds. The summed E-state index contributed by atoms with van der Waals surface area (Å²) < 4.78 is 15.6. The first kappa shape index (κ1) is 17.3. The monoisotopic (exact) mass is 358 g/mol. The zero-order valence-corrected chi connectivity index (χ0v) is 15.2. The normalized spacial score (nSPS) is 10.9. The van der Waals surface area contributed by atoms with Crippen molar-refractivity contribution in [3.8, 4) is 5.69 Å². The number of hydrogen-bond acceptors (Lipinski definition) is 4. The number of nitrogens with zero attached hydrogens (tertiary/aromatic N) is 3. The van der Waals surface area contributed by atoms with Gasteiger partial charge in [0, 0.05) is 22.3 Å². The molecule has 2 heterocycles. The standard InChI is InChI=1S/C18H19FN4OS/c1-11-10-25-18(21-11)9-20-17(24)8-14-12(2)22-23(13(14)3)16-7-5-4-6-15(16)19/h4-7,10H,8-9H2,1-3H3,(H,20,24). The van der Waals surface area contributed by atoms with E-state index in [2.05, 4.69) is 15.4 Å². The Morgan fingerprint density at radius 3 is 2.72 bits per heavy atom. The summed E-state index contributed by atoms with van der Waals surface area (Å²) in [5.74, 6) is -0.449. The number of carbonyl (C=O) groups excluding carboxylic acids is 1. The summed E-state index contributed by atoms with van der Waals surface area (Å²) in [6.45, 7) is 6.01. The molecule has 130 valence electrons. The zero-order chi connectivity index (χ0) is 18.0. The minimum atomic E-state index is -0.344. The largest absolute Gasteiger partial charge is 0.349 e. The van der Waals surface area contributed by atoms with E-state index in [-0.39, 0.29) is 18.1 Å². The number of para-hydroxylation sites is 1. The number of benzene rings is 1. The summed E-state index contributed by atoms with van der Waals surface area (Å²) in [6.07, 6.45) is 0.205. The van der Waals surface area contributed by atoms with Crippen LogP contribution in [0.25, 0.3) is 5.69 Å². The number of rotatable bonds is 5. The van der Waals surface area contributed by atoms with E-state index < -0.39 is 0 Å². The topological polar surface area (TPSA) is 59.8 Å². The van der Waals surface area contributed by atoms with Crippen LogP contribution in [0.4, 0.5) is 4.39 Å². The molecule has 0 atom stereocenters. The Hall–Kier alpha value is -2.54. The highest BCUT2D eigenvalue weighted by Crippen LogP contribution is 2.20. The van der Waals surface area contributed by atoms with Gasteiger partial charge in [0.25, 0.3) is 0 Å². The van der Waals surface area contributed by atoms with Crippen molar-refractivity contribution in [1.82, 2.24) is 20.1 Å². The fourth-order valence-corrected chi connectivity index (χ4v) is 3.38. The Balaban J connectivity index is 1.74. The molecule has 0 unspecified atom stereocenters. The van der Waals surface area contributed by atoms with Crippen LogP contribution in [0.1, 0.15) is 27.7 Å². The molecule has 0 aliphatic rings. The van der Waals surface area contributed by atoms with E-state index in [0.29, 0.717) is 12.2 Å². The highest BCUT2D eigenvalue weighted by molar-refractivity contribution is 7.09. The van der Waals surface area contributed by atoms with Crippen molar-refractivity contribution in [3.63, 3.8) is 0 Å². The Kier molecular flexibility index (Phi) is 4.94. The Bertz CT molecular complexity index is 916. The maximum atomic E-state index is 14.0. The molecule has 0 fully saturated rings. The number of amides is 1. The van der Waals surface area contributed by atoms with Gasteiger partial charge in [0.05, 0.1) is 18.7 Å². The van der Waals surface area contributed by atoms with Crippen molar-refractivity contribution in [2.45, 2.75) is 33.7 Å². The van der Waals surface area contributed by atoms with Gasteiger partial charge in [-0.3, -0.25) is 4.79 Å². The van der Waals surface area contributed by atoms with Gasteiger partial charge in [0.15, 0.2) is 0 Å². The molecule has 0 aliphatic heterocycles. The van der Waals surface area contributed by atoms with Crippen LogP contribution < -0.4 is 5.32 Å². The molecule has 7 heteroatoms. The average molecular weight is 358 g/mol. The van der Waals surface area contributed by atoms with Crippen molar-refractivity contribution in [2.24, 2.45) is 0 Å².